The highest BCUT2D eigenvalue weighted by atomic mass is 16.5. The summed E-state index contributed by atoms with van der Waals surface area (Å²) in [4.78, 5) is 3.97. The Hall–Kier alpha value is -0.940. The van der Waals surface area contributed by atoms with Gasteiger partial charge in [-0.3, -0.25) is 5.10 Å². The molecule has 1 aromatic rings. The molecule has 0 aliphatic heterocycles. The molecule has 72 valence electrons. The third-order valence-electron chi connectivity index (χ3n) is 2.40. The van der Waals surface area contributed by atoms with Crippen LogP contribution in [0, 0.1) is 0 Å². The zero-order valence-electron chi connectivity index (χ0n) is 7.44. The highest BCUT2D eigenvalue weighted by Crippen LogP contribution is 2.20. The number of aromatic nitrogens is 3. The smallest absolute Gasteiger partial charge is 0.150 e. The van der Waals surface area contributed by atoms with Gasteiger partial charge in [0.25, 0.3) is 0 Å². The van der Waals surface area contributed by atoms with Crippen LogP contribution in [0.25, 0.3) is 0 Å². The molecule has 5 nitrogen and oxygen atoms in total. The van der Waals surface area contributed by atoms with Gasteiger partial charge in [-0.25, -0.2) is 4.98 Å². The van der Waals surface area contributed by atoms with Crippen molar-refractivity contribution in [2.24, 2.45) is 5.73 Å². The van der Waals surface area contributed by atoms with Crippen LogP contribution in [0.2, 0.25) is 0 Å². The van der Waals surface area contributed by atoms with E-state index in [1.54, 1.807) is 0 Å². The van der Waals surface area contributed by atoms with Crippen molar-refractivity contribution in [3.05, 3.63) is 12.2 Å². The molecule has 13 heavy (non-hydrogen) atoms. The minimum atomic E-state index is 0.197. The minimum Gasteiger partial charge on any atom is -0.369 e. The van der Waals surface area contributed by atoms with Crippen molar-refractivity contribution in [3.8, 4) is 0 Å². The summed E-state index contributed by atoms with van der Waals surface area (Å²) < 4.78 is 5.60. The van der Waals surface area contributed by atoms with Crippen LogP contribution >= 0.6 is 0 Å². The van der Waals surface area contributed by atoms with Crippen molar-refractivity contribution in [2.45, 2.75) is 38.0 Å². The van der Waals surface area contributed by atoms with Gasteiger partial charge in [0.1, 0.15) is 18.8 Å². The highest BCUT2D eigenvalue weighted by Gasteiger charge is 2.24. The van der Waals surface area contributed by atoms with E-state index in [0.29, 0.717) is 6.61 Å². The molecule has 0 bridgehead atoms. The van der Waals surface area contributed by atoms with Gasteiger partial charge in [0.15, 0.2) is 0 Å². The first-order chi connectivity index (χ1) is 6.36. The molecule has 0 amide bonds. The molecule has 1 saturated carbocycles. The van der Waals surface area contributed by atoms with Gasteiger partial charge < -0.3 is 10.5 Å². The lowest BCUT2D eigenvalue weighted by atomic mass is 10.2. The molecule has 0 saturated heterocycles. The second-order valence-corrected chi connectivity index (χ2v) is 3.38. The topological polar surface area (TPSA) is 76.8 Å². The van der Waals surface area contributed by atoms with Crippen molar-refractivity contribution in [2.75, 3.05) is 0 Å². The lowest BCUT2D eigenvalue weighted by Gasteiger charge is -2.14. The molecule has 1 aliphatic carbocycles. The van der Waals surface area contributed by atoms with E-state index < -0.39 is 0 Å². The zero-order valence-corrected chi connectivity index (χ0v) is 7.44. The average molecular weight is 182 g/mol. The van der Waals surface area contributed by atoms with Crippen LogP contribution in [-0.4, -0.2) is 27.3 Å². The zero-order chi connectivity index (χ0) is 9.10. The van der Waals surface area contributed by atoms with E-state index in [0.717, 1.165) is 18.7 Å². The van der Waals surface area contributed by atoms with E-state index in [9.17, 15) is 0 Å². The maximum atomic E-state index is 5.85. The molecule has 2 unspecified atom stereocenters. The Morgan fingerprint density at radius 3 is 3.15 bits per heavy atom. The summed E-state index contributed by atoms with van der Waals surface area (Å²) in [5.74, 6) is 0.763. The third-order valence-corrected chi connectivity index (χ3v) is 2.40. The highest BCUT2D eigenvalue weighted by molar-refractivity contribution is 4.83. The molecule has 1 aliphatic rings. The average Bonchev–Trinajstić information content (AvgIpc) is 2.72. The second-order valence-electron chi connectivity index (χ2n) is 3.38. The van der Waals surface area contributed by atoms with E-state index in [2.05, 4.69) is 15.2 Å². The molecule has 1 fully saturated rings. The predicted molar refractivity (Wildman–Crippen MR) is 46.8 cm³/mol. The molecule has 5 heteroatoms. The summed E-state index contributed by atoms with van der Waals surface area (Å²) in [5, 5.41) is 6.49. The molecule has 1 heterocycles. The van der Waals surface area contributed by atoms with Crippen molar-refractivity contribution in [3.63, 3.8) is 0 Å². The molecule has 1 aromatic heterocycles. The maximum absolute atomic E-state index is 5.85. The Bertz CT molecular complexity index is 249. The van der Waals surface area contributed by atoms with Crippen LogP contribution in [0.15, 0.2) is 6.33 Å². The summed E-state index contributed by atoms with van der Waals surface area (Å²) in [5.41, 5.74) is 5.85. The largest absolute Gasteiger partial charge is 0.369 e. The first-order valence-electron chi connectivity index (χ1n) is 4.57. The van der Waals surface area contributed by atoms with Crippen LogP contribution in [0.4, 0.5) is 0 Å². The molecular formula is C8H14N4O. The first-order valence-corrected chi connectivity index (χ1v) is 4.57. The summed E-state index contributed by atoms with van der Waals surface area (Å²) in [6.45, 7) is 0.484. The first kappa shape index (κ1) is 8.65. The molecule has 0 spiro atoms. The number of hydrogen-bond acceptors (Lipinski definition) is 4. The van der Waals surface area contributed by atoms with E-state index in [1.165, 1.54) is 12.7 Å². The third kappa shape index (κ3) is 2.05. The molecule has 0 radical (unpaired) electrons. The van der Waals surface area contributed by atoms with E-state index >= 15 is 0 Å². The number of nitrogens with one attached hydrogen (secondary N) is 1. The number of H-pyrrole nitrogens is 1. The van der Waals surface area contributed by atoms with E-state index in [4.69, 9.17) is 10.5 Å². The van der Waals surface area contributed by atoms with E-state index in [1.807, 2.05) is 0 Å². The number of rotatable bonds is 3. The van der Waals surface area contributed by atoms with Gasteiger partial charge in [0.2, 0.25) is 0 Å². The number of ether oxygens (including phenoxy) is 1. The van der Waals surface area contributed by atoms with E-state index in [-0.39, 0.29) is 12.1 Å². The fourth-order valence-corrected chi connectivity index (χ4v) is 1.65. The number of nitrogens with zero attached hydrogens (tertiary/aromatic N) is 2. The van der Waals surface area contributed by atoms with Gasteiger partial charge in [-0.05, 0) is 19.3 Å². The van der Waals surface area contributed by atoms with Crippen molar-refractivity contribution in [1.29, 1.82) is 0 Å². The molecular weight excluding hydrogens is 168 g/mol. The van der Waals surface area contributed by atoms with Gasteiger partial charge in [-0.2, -0.15) is 5.10 Å². The van der Waals surface area contributed by atoms with Gasteiger partial charge >= 0.3 is 0 Å². The van der Waals surface area contributed by atoms with Gasteiger partial charge in [-0.15, -0.1) is 0 Å². The van der Waals surface area contributed by atoms with Gasteiger partial charge in [0, 0.05) is 6.04 Å². The lowest BCUT2D eigenvalue weighted by Crippen LogP contribution is -2.31. The Morgan fingerprint density at radius 2 is 2.54 bits per heavy atom. The number of hydrogen-bond donors (Lipinski definition) is 2. The Morgan fingerprint density at radius 1 is 1.62 bits per heavy atom. The summed E-state index contributed by atoms with van der Waals surface area (Å²) in [6.07, 6.45) is 4.98. The monoisotopic (exact) mass is 182 g/mol. The lowest BCUT2D eigenvalue weighted by molar-refractivity contribution is 0.0321. The van der Waals surface area contributed by atoms with Crippen LogP contribution < -0.4 is 5.73 Å². The van der Waals surface area contributed by atoms with Crippen LogP contribution in [0.5, 0.6) is 0 Å². The predicted octanol–water partition coefficient (Wildman–Crippen LogP) is 0.201. The summed E-state index contributed by atoms with van der Waals surface area (Å²) >= 11 is 0. The summed E-state index contributed by atoms with van der Waals surface area (Å²) in [6, 6.07) is 0.197. The number of nitrogens with two attached hydrogens (primary N) is 1. The molecule has 3 N–H and O–H groups in total. The minimum absolute atomic E-state index is 0.197. The molecule has 2 rings (SSSR count). The van der Waals surface area contributed by atoms with Gasteiger partial charge in [-0.1, -0.05) is 0 Å². The Kier molecular flexibility index (Phi) is 2.56. The SMILES string of the molecule is NC1CCCC1OCc1ncn[nH]1. The quantitative estimate of drug-likeness (QED) is 0.700. The fourth-order valence-electron chi connectivity index (χ4n) is 1.65. The van der Waals surface area contributed by atoms with Crippen LogP contribution in [0.3, 0.4) is 0 Å². The molecule has 2 atom stereocenters. The Balaban J connectivity index is 1.79. The Labute approximate surface area is 76.7 Å². The van der Waals surface area contributed by atoms with Crippen LogP contribution in [0.1, 0.15) is 25.1 Å². The molecule has 0 aromatic carbocycles. The van der Waals surface area contributed by atoms with Crippen molar-refractivity contribution >= 4 is 0 Å². The standard InChI is InChI=1S/C8H14N4O/c9-6-2-1-3-7(6)13-4-8-10-5-11-12-8/h5-7H,1-4,9H2,(H,10,11,12). The fraction of sp³-hybridized carbons (Fsp3) is 0.750. The second kappa shape index (κ2) is 3.85. The number of aromatic amines is 1. The normalized spacial score (nSPS) is 28.1. The van der Waals surface area contributed by atoms with Crippen molar-refractivity contribution < 1.29 is 4.74 Å². The van der Waals surface area contributed by atoms with Gasteiger partial charge in [0.05, 0.1) is 6.10 Å². The summed E-state index contributed by atoms with van der Waals surface area (Å²) in [7, 11) is 0. The van der Waals surface area contributed by atoms with Crippen molar-refractivity contribution in [1.82, 2.24) is 15.2 Å². The maximum Gasteiger partial charge on any atom is 0.150 e. The van der Waals surface area contributed by atoms with Crippen LogP contribution in [-0.2, 0) is 11.3 Å².